The van der Waals surface area contributed by atoms with Crippen LogP contribution in [0.2, 0.25) is 0 Å². The Morgan fingerprint density at radius 1 is 1.15 bits per heavy atom. The maximum Gasteiger partial charge on any atom is 0.229 e. The minimum absolute atomic E-state index is 0.0283. The zero-order chi connectivity index (χ0) is 13.7. The molecule has 0 spiro atoms. The van der Waals surface area contributed by atoms with Crippen LogP contribution in [0.3, 0.4) is 0 Å². The summed E-state index contributed by atoms with van der Waals surface area (Å²) >= 11 is 0. The van der Waals surface area contributed by atoms with Crippen molar-refractivity contribution in [1.29, 1.82) is 0 Å². The molecule has 5 aliphatic rings. The SMILES string of the molecule is NCC1COCCN1C(=O)C12CC3CC(CC(C3)C1)C2. The van der Waals surface area contributed by atoms with E-state index in [1.807, 2.05) is 0 Å². The fourth-order valence-electron chi connectivity index (χ4n) is 5.79. The molecule has 4 heteroatoms. The summed E-state index contributed by atoms with van der Waals surface area (Å²) in [5, 5.41) is 0. The lowest BCUT2D eigenvalue weighted by molar-refractivity contribution is -0.165. The fourth-order valence-corrected chi connectivity index (χ4v) is 5.79. The number of rotatable bonds is 2. The van der Waals surface area contributed by atoms with Gasteiger partial charge in [0.25, 0.3) is 0 Å². The minimum Gasteiger partial charge on any atom is -0.377 e. The monoisotopic (exact) mass is 278 g/mol. The van der Waals surface area contributed by atoms with Gasteiger partial charge in [0, 0.05) is 13.1 Å². The molecule has 0 aromatic heterocycles. The molecule has 4 aliphatic carbocycles. The maximum atomic E-state index is 13.2. The Morgan fingerprint density at radius 2 is 1.75 bits per heavy atom. The third-order valence-electron chi connectivity index (χ3n) is 6.25. The number of morpholine rings is 1. The molecule has 5 fully saturated rings. The third kappa shape index (κ3) is 1.92. The molecule has 0 aromatic carbocycles. The first-order valence-electron chi connectivity index (χ1n) is 8.29. The van der Waals surface area contributed by atoms with Crippen molar-refractivity contribution in [3.63, 3.8) is 0 Å². The van der Waals surface area contributed by atoms with E-state index in [2.05, 4.69) is 4.90 Å². The van der Waals surface area contributed by atoms with Crippen molar-refractivity contribution in [3.8, 4) is 0 Å². The molecule has 5 rings (SSSR count). The van der Waals surface area contributed by atoms with Gasteiger partial charge >= 0.3 is 0 Å². The summed E-state index contributed by atoms with van der Waals surface area (Å²) in [5.41, 5.74) is 5.82. The van der Waals surface area contributed by atoms with Crippen LogP contribution in [0.4, 0.5) is 0 Å². The quantitative estimate of drug-likeness (QED) is 0.830. The van der Waals surface area contributed by atoms with Gasteiger partial charge in [-0.2, -0.15) is 0 Å². The van der Waals surface area contributed by atoms with E-state index < -0.39 is 0 Å². The van der Waals surface area contributed by atoms with Crippen molar-refractivity contribution in [3.05, 3.63) is 0 Å². The second kappa shape index (κ2) is 4.70. The van der Waals surface area contributed by atoms with E-state index >= 15 is 0 Å². The van der Waals surface area contributed by atoms with Gasteiger partial charge in [0.15, 0.2) is 0 Å². The largest absolute Gasteiger partial charge is 0.377 e. The number of nitrogens with two attached hydrogens (primary N) is 1. The van der Waals surface area contributed by atoms with Crippen molar-refractivity contribution in [1.82, 2.24) is 4.90 Å². The second-order valence-electron chi connectivity index (χ2n) is 7.66. The lowest BCUT2D eigenvalue weighted by Crippen LogP contribution is -2.60. The van der Waals surface area contributed by atoms with E-state index in [0.717, 1.165) is 43.6 Å². The number of hydrogen-bond acceptors (Lipinski definition) is 3. The van der Waals surface area contributed by atoms with Crippen LogP contribution in [-0.4, -0.2) is 43.2 Å². The molecule has 112 valence electrons. The molecule has 1 saturated heterocycles. The lowest BCUT2D eigenvalue weighted by Gasteiger charge is -2.57. The van der Waals surface area contributed by atoms with Crippen LogP contribution in [0.15, 0.2) is 0 Å². The maximum absolute atomic E-state index is 13.2. The summed E-state index contributed by atoms with van der Waals surface area (Å²) in [6, 6.07) is 0.101. The Hall–Kier alpha value is -0.610. The summed E-state index contributed by atoms with van der Waals surface area (Å²) < 4.78 is 5.50. The molecule has 20 heavy (non-hydrogen) atoms. The number of carbonyl (C=O) groups excluding carboxylic acids is 1. The standard InChI is InChI=1S/C16H26N2O2/c17-9-14-10-20-2-1-18(14)15(19)16-6-11-3-12(7-16)5-13(4-11)8-16/h11-14H,1-10,17H2. The molecular formula is C16H26N2O2. The van der Waals surface area contributed by atoms with Gasteiger partial charge in [0.05, 0.1) is 24.7 Å². The average molecular weight is 278 g/mol. The highest BCUT2D eigenvalue weighted by Gasteiger charge is 2.56. The first-order chi connectivity index (χ1) is 9.70. The van der Waals surface area contributed by atoms with Gasteiger partial charge in [-0.3, -0.25) is 4.79 Å². The first-order valence-corrected chi connectivity index (χ1v) is 8.29. The molecule has 4 nitrogen and oxygen atoms in total. The molecule has 1 heterocycles. The first kappa shape index (κ1) is 13.1. The molecular weight excluding hydrogens is 252 g/mol. The Balaban J connectivity index is 1.58. The highest BCUT2D eigenvalue weighted by atomic mass is 16.5. The number of hydrogen-bond donors (Lipinski definition) is 1. The molecule has 1 amide bonds. The zero-order valence-corrected chi connectivity index (χ0v) is 12.2. The lowest BCUT2D eigenvalue weighted by atomic mass is 9.49. The van der Waals surface area contributed by atoms with Crippen LogP contribution in [0.5, 0.6) is 0 Å². The molecule has 2 N–H and O–H groups in total. The van der Waals surface area contributed by atoms with Crippen LogP contribution >= 0.6 is 0 Å². The summed E-state index contributed by atoms with van der Waals surface area (Å²) in [5.74, 6) is 2.88. The number of carbonyl (C=O) groups is 1. The highest BCUT2D eigenvalue weighted by Crippen LogP contribution is 2.60. The van der Waals surface area contributed by atoms with E-state index in [-0.39, 0.29) is 11.5 Å². The van der Waals surface area contributed by atoms with Crippen LogP contribution in [0.25, 0.3) is 0 Å². The smallest absolute Gasteiger partial charge is 0.229 e. The molecule has 1 unspecified atom stereocenters. The molecule has 0 aromatic rings. The van der Waals surface area contributed by atoms with Crippen molar-refractivity contribution in [2.75, 3.05) is 26.3 Å². The highest BCUT2D eigenvalue weighted by molar-refractivity contribution is 5.83. The topological polar surface area (TPSA) is 55.6 Å². The van der Waals surface area contributed by atoms with E-state index in [4.69, 9.17) is 10.5 Å². The van der Waals surface area contributed by atoms with E-state index in [1.54, 1.807) is 0 Å². The summed E-state index contributed by atoms with van der Waals surface area (Å²) in [4.78, 5) is 15.3. The summed E-state index contributed by atoms with van der Waals surface area (Å²) in [6.45, 7) is 2.56. The Bertz CT molecular complexity index is 374. The second-order valence-corrected chi connectivity index (χ2v) is 7.66. The number of nitrogens with zero attached hydrogens (tertiary/aromatic N) is 1. The van der Waals surface area contributed by atoms with Gasteiger partial charge in [-0.05, 0) is 56.3 Å². The third-order valence-corrected chi connectivity index (χ3v) is 6.25. The molecule has 1 aliphatic heterocycles. The van der Waals surface area contributed by atoms with Gasteiger partial charge in [-0.25, -0.2) is 0 Å². The molecule has 1 atom stereocenters. The van der Waals surface area contributed by atoms with Crippen molar-refractivity contribution in [2.24, 2.45) is 28.9 Å². The van der Waals surface area contributed by atoms with Gasteiger partial charge in [-0.15, -0.1) is 0 Å². The van der Waals surface area contributed by atoms with Crippen LogP contribution < -0.4 is 5.73 Å². The Morgan fingerprint density at radius 3 is 2.30 bits per heavy atom. The fraction of sp³-hybridized carbons (Fsp3) is 0.938. The van der Waals surface area contributed by atoms with E-state index in [0.29, 0.717) is 25.7 Å². The van der Waals surface area contributed by atoms with Gasteiger partial charge in [0.2, 0.25) is 5.91 Å². The van der Waals surface area contributed by atoms with Gasteiger partial charge in [-0.1, -0.05) is 0 Å². The van der Waals surface area contributed by atoms with E-state index in [9.17, 15) is 4.79 Å². The summed E-state index contributed by atoms with van der Waals surface area (Å²) in [6.07, 6.45) is 7.59. The predicted octanol–water partition coefficient (Wildman–Crippen LogP) is 1.39. The van der Waals surface area contributed by atoms with Crippen molar-refractivity contribution in [2.45, 2.75) is 44.6 Å². The summed E-state index contributed by atoms with van der Waals surface area (Å²) in [7, 11) is 0. The Kier molecular flexibility index (Phi) is 3.08. The minimum atomic E-state index is -0.0283. The van der Waals surface area contributed by atoms with Crippen LogP contribution in [0.1, 0.15) is 38.5 Å². The molecule has 4 saturated carbocycles. The van der Waals surface area contributed by atoms with Crippen LogP contribution in [-0.2, 0) is 9.53 Å². The number of ether oxygens (including phenoxy) is 1. The number of amides is 1. The normalized spacial score (nSPS) is 46.8. The van der Waals surface area contributed by atoms with Gasteiger partial charge < -0.3 is 15.4 Å². The van der Waals surface area contributed by atoms with E-state index in [1.165, 1.54) is 19.3 Å². The van der Waals surface area contributed by atoms with Crippen molar-refractivity contribution < 1.29 is 9.53 Å². The molecule has 0 radical (unpaired) electrons. The van der Waals surface area contributed by atoms with Gasteiger partial charge in [0.1, 0.15) is 0 Å². The Labute approximate surface area is 121 Å². The van der Waals surface area contributed by atoms with Crippen LogP contribution in [0, 0.1) is 23.2 Å². The average Bonchev–Trinajstić information content (AvgIpc) is 2.45. The predicted molar refractivity (Wildman–Crippen MR) is 76.0 cm³/mol. The molecule has 4 bridgehead atoms. The zero-order valence-electron chi connectivity index (χ0n) is 12.2. The van der Waals surface area contributed by atoms with Crippen molar-refractivity contribution >= 4 is 5.91 Å².